The van der Waals surface area contributed by atoms with Crippen molar-refractivity contribution < 1.29 is 32.7 Å². The van der Waals surface area contributed by atoms with E-state index < -0.39 is 0 Å². The van der Waals surface area contributed by atoms with E-state index in [0.29, 0.717) is 0 Å². The van der Waals surface area contributed by atoms with Crippen LogP contribution in [0.25, 0.3) is 5.32 Å². The zero-order chi connectivity index (χ0) is 11.5. The molecule has 0 aliphatic carbocycles. The van der Waals surface area contributed by atoms with Gasteiger partial charge in [-0.05, 0) is 32.0 Å². The Balaban J connectivity index is 0. The summed E-state index contributed by atoms with van der Waals surface area (Å²) < 4.78 is 0. The van der Waals surface area contributed by atoms with Crippen molar-refractivity contribution in [3.63, 3.8) is 0 Å². The average molecular weight is 302 g/mol. The Hall–Kier alpha value is 1.02. The van der Waals surface area contributed by atoms with Crippen LogP contribution in [-0.2, 0) is 32.7 Å². The van der Waals surface area contributed by atoms with Crippen molar-refractivity contribution in [3.05, 3.63) is 5.32 Å². The van der Waals surface area contributed by atoms with Gasteiger partial charge in [0.25, 0.3) is 0 Å². The fourth-order valence-corrected chi connectivity index (χ4v) is 1.76. The van der Waals surface area contributed by atoms with Crippen molar-refractivity contribution in [1.29, 1.82) is 0 Å². The van der Waals surface area contributed by atoms with Crippen LogP contribution in [0.5, 0.6) is 0 Å². The molecule has 95 valence electrons. The number of rotatable bonds is 5. The van der Waals surface area contributed by atoms with E-state index in [9.17, 15) is 0 Å². The van der Waals surface area contributed by atoms with Gasteiger partial charge in [0.15, 0.2) is 0 Å². The second-order valence-electron chi connectivity index (χ2n) is 4.40. The predicted molar refractivity (Wildman–Crippen MR) is 69.6 cm³/mol. The molecule has 0 atom stereocenters. The molecule has 0 bridgehead atoms. The number of unbranched alkanes of at least 4 members (excludes halogenated alkanes) is 1. The Morgan fingerprint density at radius 2 is 1.62 bits per heavy atom. The largest absolute Gasteiger partial charge is 0.660 e. The summed E-state index contributed by atoms with van der Waals surface area (Å²) in [5.41, 5.74) is 0. The molecule has 1 heterocycles. The average Bonchev–Trinajstić information content (AvgIpc) is 2.28. The molecule has 16 heavy (non-hydrogen) atoms. The van der Waals surface area contributed by atoms with E-state index in [2.05, 4.69) is 24.1 Å². The molecule has 2 nitrogen and oxygen atoms in total. The quantitative estimate of drug-likeness (QED) is 0.710. The zero-order valence-electron chi connectivity index (χ0n) is 11.7. The maximum Gasteiger partial charge on any atom is 0 e. The van der Waals surface area contributed by atoms with Gasteiger partial charge in [0.2, 0.25) is 0 Å². The maximum absolute atomic E-state index is 4.34. The molecule has 1 aliphatic heterocycles. The number of hydrogen-bond donors (Lipinski definition) is 0. The van der Waals surface area contributed by atoms with Crippen molar-refractivity contribution in [3.8, 4) is 0 Å². The molecular formula is C13H29N2Y-. The van der Waals surface area contributed by atoms with Gasteiger partial charge in [-0.3, -0.25) is 0 Å². The third kappa shape index (κ3) is 11.5. The minimum absolute atomic E-state index is 0. The van der Waals surface area contributed by atoms with E-state index in [0.717, 1.165) is 19.0 Å². The summed E-state index contributed by atoms with van der Waals surface area (Å²) in [6, 6.07) is 0. The molecule has 1 radical (unpaired) electrons. The number of hydrogen-bond acceptors (Lipinski definition) is 1. The molecule has 0 aromatic rings. The molecule has 1 saturated heterocycles. The van der Waals surface area contributed by atoms with E-state index in [1.54, 1.807) is 0 Å². The second kappa shape index (κ2) is 14.1. The smallest absolute Gasteiger partial charge is 0 e. The van der Waals surface area contributed by atoms with E-state index in [4.69, 9.17) is 0 Å². The van der Waals surface area contributed by atoms with E-state index in [1.165, 1.54) is 38.9 Å². The molecule has 0 unspecified atom stereocenters. The van der Waals surface area contributed by atoms with Crippen LogP contribution in [0.4, 0.5) is 0 Å². The van der Waals surface area contributed by atoms with E-state index in [-0.39, 0.29) is 32.7 Å². The summed E-state index contributed by atoms with van der Waals surface area (Å²) in [7, 11) is 0. The summed E-state index contributed by atoms with van der Waals surface area (Å²) in [6.07, 6.45) is 4.15. The van der Waals surface area contributed by atoms with Gasteiger partial charge in [0.05, 0.1) is 0 Å². The van der Waals surface area contributed by atoms with Crippen molar-refractivity contribution in [2.75, 3.05) is 32.7 Å². The first kappa shape index (κ1) is 19.4. The van der Waals surface area contributed by atoms with Gasteiger partial charge in [-0.1, -0.05) is 40.5 Å². The maximum atomic E-state index is 4.34. The standard InChI is InChI=1S/C11H23N2.C2H6.Y/c1-11(2)5-3-4-8-13-9-6-12-7-10-13;1-2;/h11H,3-10H2,1-2H3;1-2H3;/q-1;;. The van der Waals surface area contributed by atoms with Crippen LogP contribution in [0.2, 0.25) is 0 Å². The SMILES string of the molecule is CC.CC(C)CCCCN1CC[N-]CC1.[Y]. The van der Waals surface area contributed by atoms with E-state index in [1.807, 2.05) is 13.8 Å². The van der Waals surface area contributed by atoms with Crippen molar-refractivity contribution in [1.82, 2.24) is 4.90 Å². The zero-order valence-corrected chi connectivity index (χ0v) is 14.5. The van der Waals surface area contributed by atoms with Crippen LogP contribution >= 0.6 is 0 Å². The first-order chi connectivity index (χ1) is 7.29. The molecule has 1 aliphatic rings. The predicted octanol–water partition coefficient (Wildman–Crippen LogP) is 3.53. The summed E-state index contributed by atoms with van der Waals surface area (Å²) in [5.74, 6) is 0.872. The summed E-state index contributed by atoms with van der Waals surface area (Å²) >= 11 is 0. The fraction of sp³-hybridized carbons (Fsp3) is 1.00. The first-order valence-electron chi connectivity index (χ1n) is 6.64. The van der Waals surface area contributed by atoms with Crippen LogP contribution in [-0.4, -0.2) is 37.6 Å². The molecule has 3 heteroatoms. The molecule has 0 N–H and O–H groups in total. The third-order valence-electron chi connectivity index (χ3n) is 2.65. The summed E-state index contributed by atoms with van der Waals surface area (Å²) in [6.45, 7) is 14.4. The van der Waals surface area contributed by atoms with Crippen LogP contribution < -0.4 is 0 Å². The molecule has 1 rings (SSSR count). The normalized spacial score (nSPS) is 16.3. The Bertz CT molecular complexity index is 123. The molecule has 0 spiro atoms. The molecule has 1 fully saturated rings. The van der Waals surface area contributed by atoms with E-state index >= 15 is 0 Å². The topological polar surface area (TPSA) is 17.3 Å². The molecular weight excluding hydrogens is 273 g/mol. The summed E-state index contributed by atoms with van der Waals surface area (Å²) in [4.78, 5) is 2.55. The van der Waals surface area contributed by atoms with Crippen LogP contribution in [0.3, 0.4) is 0 Å². The number of piperazine rings is 1. The fourth-order valence-electron chi connectivity index (χ4n) is 1.76. The second-order valence-corrected chi connectivity index (χ2v) is 4.40. The van der Waals surface area contributed by atoms with Crippen molar-refractivity contribution >= 4 is 0 Å². The third-order valence-corrected chi connectivity index (χ3v) is 2.65. The first-order valence-corrected chi connectivity index (χ1v) is 6.64. The van der Waals surface area contributed by atoms with Crippen LogP contribution in [0.15, 0.2) is 0 Å². The van der Waals surface area contributed by atoms with Gasteiger partial charge < -0.3 is 10.2 Å². The van der Waals surface area contributed by atoms with Gasteiger partial charge in [0, 0.05) is 32.7 Å². The minimum Gasteiger partial charge on any atom is -0.660 e. The van der Waals surface area contributed by atoms with Crippen molar-refractivity contribution in [2.45, 2.75) is 47.0 Å². The minimum atomic E-state index is 0. The molecule has 0 aromatic heterocycles. The summed E-state index contributed by atoms with van der Waals surface area (Å²) in [5, 5.41) is 4.34. The van der Waals surface area contributed by atoms with Crippen LogP contribution in [0.1, 0.15) is 47.0 Å². The van der Waals surface area contributed by atoms with Crippen LogP contribution in [0, 0.1) is 5.92 Å². The molecule has 0 amide bonds. The molecule has 0 aromatic carbocycles. The Morgan fingerprint density at radius 1 is 1.06 bits per heavy atom. The Kier molecular flexibility index (Phi) is 17.0. The van der Waals surface area contributed by atoms with Gasteiger partial charge in [-0.25, -0.2) is 0 Å². The Morgan fingerprint density at radius 3 is 2.12 bits per heavy atom. The number of nitrogens with zero attached hydrogens (tertiary/aromatic N) is 2. The van der Waals surface area contributed by atoms with Gasteiger partial charge >= 0.3 is 0 Å². The Labute approximate surface area is 128 Å². The van der Waals surface area contributed by atoms with Gasteiger partial charge in [-0.15, -0.1) is 13.1 Å². The van der Waals surface area contributed by atoms with Crippen molar-refractivity contribution in [2.24, 2.45) is 5.92 Å². The van der Waals surface area contributed by atoms with Gasteiger partial charge in [-0.2, -0.15) is 0 Å². The molecule has 0 saturated carbocycles. The van der Waals surface area contributed by atoms with Gasteiger partial charge in [0.1, 0.15) is 0 Å². The monoisotopic (exact) mass is 302 g/mol.